The molecular formula is C21H23F2N3O3. The molecule has 3 amide bonds. The minimum atomic E-state index is -0.949. The predicted molar refractivity (Wildman–Crippen MR) is 105 cm³/mol. The summed E-state index contributed by atoms with van der Waals surface area (Å²) in [6.45, 7) is 3.81. The maximum Gasteiger partial charge on any atom is 0.254 e. The second-order valence-electron chi connectivity index (χ2n) is 6.56. The van der Waals surface area contributed by atoms with Gasteiger partial charge < -0.3 is 16.0 Å². The average molecular weight is 403 g/mol. The molecule has 0 unspecified atom stereocenters. The Labute approximate surface area is 167 Å². The summed E-state index contributed by atoms with van der Waals surface area (Å²) in [5, 5.41) is 7.71. The monoisotopic (exact) mass is 403 g/mol. The van der Waals surface area contributed by atoms with Crippen LogP contribution >= 0.6 is 0 Å². The van der Waals surface area contributed by atoms with Crippen LogP contribution in [0.25, 0.3) is 0 Å². The first-order valence-electron chi connectivity index (χ1n) is 9.14. The third-order valence-electron chi connectivity index (χ3n) is 4.37. The summed E-state index contributed by atoms with van der Waals surface area (Å²) in [5.74, 6) is -3.08. The van der Waals surface area contributed by atoms with Gasteiger partial charge in [-0.25, -0.2) is 8.78 Å². The molecule has 0 bridgehead atoms. The molecule has 0 aromatic heterocycles. The number of nitrogens with one attached hydrogen (secondary N) is 3. The molecule has 0 atom stereocenters. The normalized spacial score (nSPS) is 10.3. The third kappa shape index (κ3) is 6.67. The summed E-state index contributed by atoms with van der Waals surface area (Å²) >= 11 is 0. The fraction of sp³-hybridized carbons (Fsp3) is 0.286. The van der Waals surface area contributed by atoms with Gasteiger partial charge >= 0.3 is 0 Å². The van der Waals surface area contributed by atoms with Gasteiger partial charge in [0.1, 0.15) is 11.6 Å². The van der Waals surface area contributed by atoms with Crippen LogP contribution in [-0.2, 0) is 9.59 Å². The van der Waals surface area contributed by atoms with Crippen molar-refractivity contribution in [2.75, 3.05) is 18.4 Å². The van der Waals surface area contributed by atoms with Crippen LogP contribution in [0.2, 0.25) is 0 Å². The third-order valence-corrected chi connectivity index (χ3v) is 4.37. The fourth-order valence-electron chi connectivity index (χ4n) is 2.57. The van der Waals surface area contributed by atoms with Gasteiger partial charge in [-0.1, -0.05) is 12.1 Å². The smallest absolute Gasteiger partial charge is 0.254 e. The number of carbonyl (C=O) groups excluding carboxylic acids is 3. The van der Waals surface area contributed by atoms with Gasteiger partial charge in [-0.15, -0.1) is 0 Å². The van der Waals surface area contributed by atoms with E-state index in [2.05, 4.69) is 16.0 Å². The molecule has 0 aliphatic rings. The molecule has 3 N–H and O–H groups in total. The molecule has 0 saturated carbocycles. The molecule has 0 spiro atoms. The number of aryl methyl sites for hydroxylation is 1. The number of benzene rings is 2. The van der Waals surface area contributed by atoms with Gasteiger partial charge in [-0.2, -0.15) is 0 Å². The Hall–Kier alpha value is -3.29. The first-order valence-corrected chi connectivity index (χ1v) is 9.14. The summed E-state index contributed by atoms with van der Waals surface area (Å²) in [6.07, 6.45) is 0.391. The van der Waals surface area contributed by atoms with Crippen molar-refractivity contribution in [3.63, 3.8) is 0 Å². The molecule has 2 aromatic carbocycles. The van der Waals surface area contributed by atoms with E-state index in [9.17, 15) is 23.2 Å². The van der Waals surface area contributed by atoms with Crippen LogP contribution in [0.1, 0.15) is 34.3 Å². The second-order valence-corrected chi connectivity index (χ2v) is 6.56. The SMILES string of the molecule is Cc1cccc(NC(=O)CNC(=O)CCCNC(=O)c2ccc(F)cc2F)c1C. The van der Waals surface area contributed by atoms with Crippen molar-refractivity contribution >= 4 is 23.4 Å². The van der Waals surface area contributed by atoms with Crippen molar-refractivity contribution in [1.82, 2.24) is 10.6 Å². The average Bonchev–Trinajstić information content (AvgIpc) is 2.67. The van der Waals surface area contributed by atoms with Crippen LogP contribution in [0, 0.1) is 25.5 Å². The van der Waals surface area contributed by atoms with Crippen molar-refractivity contribution in [2.45, 2.75) is 26.7 Å². The molecular weight excluding hydrogens is 380 g/mol. The largest absolute Gasteiger partial charge is 0.352 e. The van der Waals surface area contributed by atoms with E-state index in [1.54, 1.807) is 6.07 Å². The van der Waals surface area contributed by atoms with E-state index in [1.807, 2.05) is 26.0 Å². The molecule has 0 aliphatic heterocycles. The van der Waals surface area contributed by atoms with Crippen LogP contribution in [0.5, 0.6) is 0 Å². The molecule has 0 saturated heterocycles. The van der Waals surface area contributed by atoms with E-state index in [-0.39, 0.29) is 36.9 Å². The Morgan fingerprint density at radius 2 is 1.72 bits per heavy atom. The lowest BCUT2D eigenvalue weighted by atomic mass is 10.1. The maximum atomic E-state index is 13.5. The molecule has 0 fully saturated rings. The summed E-state index contributed by atoms with van der Waals surface area (Å²) in [7, 11) is 0. The number of hydrogen-bond acceptors (Lipinski definition) is 3. The first-order chi connectivity index (χ1) is 13.8. The number of anilines is 1. The van der Waals surface area contributed by atoms with Crippen LogP contribution in [0.4, 0.5) is 14.5 Å². The zero-order valence-corrected chi connectivity index (χ0v) is 16.3. The van der Waals surface area contributed by atoms with Gasteiger partial charge in [0.05, 0.1) is 12.1 Å². The molecule has 0 aliphatic carbocycles. The molecule has 0 heterocycles. The Kier molecular flexibility index (Phi) is 7.82. The van der Waals surface area contributed by atoms with Crippen molar-refractivity contribution in [3.05, 3.63) is 64.7 Å². The van der Waals surface area contributed by atoms with Crippen LogP contribution in [-0.4, -0.2) is 30.8 Å². The quantitative estimate of drug-likeness (QED) is 0.593. The Bertz CT molecular complexity index is 916. The molecule has 2 aromatic rings. The Morgan fingerprint density at radius 1 is 0.966 bits per heavy atom. The first kappa shape index (κ1) is 22.0. The fourth-order valence-corrected chi connectivity index (χ4v) is 2.57. The molecule has 6 nitrogen and oxygen atoms in total. The lowest BCUT2D eigenvalue weighted by Crippen LogP contribution is -2.33. The maximum absolute atomic E-state index is 13.5. The molecule has 154 valence electrons. The predicted octanol–water partition coefficient (Wildman–Crippen LogP) is 2.85. The lowest BCUT2D eigenvalue weighted by Gasteiger charge is -2.11. The molecule has 2 rings (SSSR count). The summed E-state index contributed by atoms with van der Waals surface area (Å²) in [5.41, 5.74) is 2.44. The summed E-state index contributed by atoms with van der Waals surface area (Å²) in [4.78, 5) is 35.6. The van der Waals surface area contributed by atoms with Crippen molar-refractivity contribution in [2.24, 2.45) is 0 Å². The van der Waals surface area contributed by atoms with Crippen LogP contribution in [0.3, 0.4) is 0 Å². The highest BCUT2D eigenvalue weighted by atomic mass is 19.1. The Balaban J connectivity index is 1.67. The van der Waals surface area contributed by atoms with Crippen molar-refractivity contribution < 1.29 is 23.2 Å². The summed E-state index contributed by atoms with van der Waals surface area (Å²) in [6, 6.07) is 8.25. The zero-order chi connectivity index (χ0) is 21.4. The van der Waals surface area contributed by atoms with Gasteiger partial charge in [0.15, 0.2) is 0 Å². The van der Waals surface area contributed by atoms with Gasteiger partial charge in [0, 0.05) is 24.7 Å². The zero-order valence-electron chi connectivity index (χ0n) is 16.3. The molecule has 29 heavy (non-hydrogen) atoms. The highest BCUT2D eigenvalue weighted by molar-refractivity contribution is 5.95. The van der Waals surface area contributed by atoms with E-state index in [4.69, 9.17) is 0 Å². The minimum Gasteiger partial charge on any atom is -0.352 e. The summed E-state index contributed by atoms with van der Waals surface area (Å²) < 4.78 is 26.4. The van der Waals surface area contributed by atoms with Gasteiger partial charge in [-0.05, 0) is 49.6 Å². The minimum absolute atomic E-state index is 0.0862. The number of carbonyl (C=O) groups is 3. The van der Waals surface area contributed by atoms with Gasteiger partial charge in [0.2, 0.25) is 11.8 Å². The van der Waals surface area contributed by atoms with Crippen molar-refractivity contribution in [1.29, 1.82) is 0 Å². The van der Waals surface area contributed by atoms with E-state index >= 15 is 0 Å². The standard InChI is InChI=1S/C21H23F2N3O3/c1-13-5-3-6-18(14(13)2)26-20(28)12-25-19(27)7-4-10-24-21(29)16-9-8-15(22)11-17(16)23/h3,5-6,8-9,11H,4,7,10,12H2,1-2H3,(H,24,29)(H,25,27)(H,26,28). The number of hydrogen-bond donors (Lipinski definition) is 3. The number of halogens is 2. The van der Waals surface area contributed by atoms with E-state index in [0.717, 1.165) is 23.3 Å². The van der Waals surface area contributed by atoms with Crippen LogP contribution in [0.15, 0.2) is 36.4 Å². The van der Waals surface area contributed by atoms with Crippen LogP contribution < -0.4 is 16.0 Å². The van der Waals surface area contributed by atoms with Crippen molar-refractivity contribution in [3.8, 4) is 0 Å². The number of rotatable bonds is 8. The van der Waals surface area contributed by atoms with E-state index in [0.29, 0.717) is 18.2 Å². The number of amides is 3. The van der Waals surface area contributed by atoms with Gasteiger partial charge in [-0.3, -0.25) is 14.4 Å². The van der Waals surface area contributed by atoms with Gasteiger partial charge in [0.25, 0.3) is 5.91 Å². The lowest BCUT2D eigenvalue weighted by molar-refractivity contribution is -0.124. The molecule has 0 radical (unpaired) electrons. The molecule has 8 heteroatoms. The van der Waals surface area contributed by atoms with E-state index in [1.165, 1.54) is 0 Å². The highest BCUT2D eigenvalue weighted by Gasteiger charge is 2.12. The highest BCUT2D eigenvalue weighted by Crippen LogP contribution is 2.17. The van der Waals surface area contributed by atoms with E-state index < -0.39 is 17.5 Å². The Morgan fingerprint density at radius 3 is 2.45 bits per heavy atom. The second kappa shape index (κ2) is 10.3. The topological polar surface area (TPSA) is 87.3 Å².